The molecule has 1 aliphatic rings. The first-order valence-corrected chi connectivity index (χ1v) is 14.6. The Morgan fingerprint density at radius 1 is 0.872 bits per heavy atom. The molecule has 0 unspecified atom stereocenters. The van der Waals surface area contributed by atoms with Crippen LogP contribution in [0.3, 0.4) is 0 Å². The molecule has 1 aliphatic heterocycles. The van der Waals surface area contributed by atoms with Gasteiger partial charge in [0.05, 0.1) is 35.2 Å². The van der Waals surface area contributed by atoms with Crippen LogP contribution in [0.5, 0.6) is 0 Å². The number of ether oxygens (including phenoxy) is 2. The summed E-state index contributed by atoms with van der Waals surface area (Å²) >= 11 is 3.10. The zero-order valence-corrected chi connectivity index (χ0v) is 23.5. The zero-order chi connectivity index (χ0) is 27.1. The molecule has 3 heterocycles. The molecule has 5 N–H and O–H groups in total. The molecule has 7 nitrogen and oxygen atoms in total. The molecule has 0 bridgehead atoms. The Balaban J connectivity index is 1.06. The highest BCUT2D eigenvalue weighted by Crippen LogP contribution is 2.26. The molecule has 5 rings (SSSR count). The van der Waals surface area contributed by atoms with Crippen LogP contribution >= 0.6 is 22.7 Å². The summed E-state index contributed by atoms with van der Waals surface area (Å²) in [7, 11) is 0. The fraction of sp³-hybridized carbons (Fsp3) is 0.267. The van der Waals surface area contributed by atoms with E-state index in [1.165, 1.54) is 0 Å². The van der Waals surface area contributed by atoms with Gasteiger partial charge in [0, 0.05) is 24.0 Å². The average Bonchev–Trinajstić information content (AvgIpc) is 3.71. The number of anilines is 2. The third kappa shape index (κ3) is 7.62. The predicted molar refractivity (Wildman–Crippen MR) is 162 cm³/mol. The number of rotatable bonds is 11. The van der Waals surface area contributed by atoms with Crippen molar-refractivity contribution in [2.75, 3.05) is 23.8 Å². The first-order valence-electron chi connectivity index (χ1n) is 12.9. The lowest BCUT2D eigenvalue weighted by Gasteiger charge is -2.24. The van der Waals surface area contributed by atoms with Gasteiger partial charge in [-0.2, -0.15) is 0 Å². The highest BCUT2D eigenvalue weighted by atomic mass is 32.1. The lowest BCUT2D eigenvalue weighted by atomic mass is 10.0. The van der Waals surface area contributed by atoms with Crippen molar-refractivity contribution in [3.63, 3.8) is 0 Å². The topological polar surface area (TPSA) is 102 Å². The number of thiophene rings is 2. The zero-order valence-electron chi connectivity index (χ0n) is 21.8. The minimum absolute atomic E-state index is 0.225. The van der Waals surface area contributed by atoms with Crippen molar-refractivity contribution < 1.29 is 9.47 Å². The Labute approximate surface area is 237 Å². The Kier molecular flexibility index (Phi) is 8.85. The van der Waals surface area contributed by atoms with E-state index in [9.17, 15) is 0 Å². The van der Waals surface area contributed by atoms with Crippen molar-refractivity contribution in [1.82, 2.24) is 5.32 Å². The fourth-order valence-electron chi connectivity index (χ4n) is 4.56. The molecule has 4 aromatic rings. The largest absolute Gasteiger partial charge is 0.375 e. The number of amidine groups is 2. The van der Waals surface area contributed by atoms with Crippen LogP contribution in [0, 0.1) is 10.8 Å². The molecule has 9 heteroatoms. The summed E-state index contributed by atoms with van der Waals surface area (Å²) in [6.45, 7) is 4.54. The van der Waals surface area contributed by atoms with Crippen molar-refractivity contribution in [1.29, 1.82) is 10.8 Å². The molecular weight excluding hydrogens is 526 g/mol. The van der Waals surface area contributed by atoms with Crippen molar-refractivity contribution in [3.05, 3.63) is 104 Å². The number of hydrogen-bond donors (Lipinski definition) is 5. The number of hydrogen-bond acceptors (Lipinski definition) is 7. The Bertz CT molecular complexity index is 1390. The highest BCUT2D eigenvalue weighted by molar-refractivity contribution is 7.12. The molecule has 2 aromatic carbocycles. The Morgan fingerprint density at radius 2 is 1.46 bits per heavy atom. The van der Waals surface area contributed by atoms with E-state index < -0.39 is 0 Å². The maximum atomic E-state index is 8.26. The quantitative estimate of drug-likeness (QED) is 0.106. The van der Waals surface area contributed by atoms with E-state index >= 15 is 0 Å². The first kappa shape index (κ1) is 27.2. The Hall–Kier alpha value is -3.34. The van der Waals surface area contributed by atoms with Crippen LogP contribution in [0.15, 0.2) is 83.6 Å². The molecule has 0 spiro atoms. The second-order valence-corrected chi connectivity index (χ2v) is 11.8. The molecule has 39 heavy (non-hydrogen) atoms. The summed E-state index contributed by atoms with van der Waals surface area (Å²) in [6.07, 6.45) is 0.869. The lowest BCUT2D eigenvalue weighted by molar-refractivity contribution is -0.0316. The number of nitrogens with one attached hydrogen (secondary N) is 5. The summed E-state index contributed by atoms with van der Waals surface area (Å²) in [5, 5.41) is 30.3. The van der Waals surface area contributed by atoms with Crippen LogP contribution in [0.4, 0.5) is 11.4 Å². The van der Waals surface area contributed by atoms with E-state index in [0.29, 0.717) is 31.5 Å². The van der Waals surface area contributed by atoms with Crippen molar-refractivity contribution in [2.24, 2.45) is 0 Å². The summed E-state index contributed by atoms with van der Waals surface area (Å²) in [5.41, 5.74) is 3.64. The van der Waals surface area contributed by atoms with E-state index in [1.807, 2.05) is 77.5 Å². The van der Waals surface area contributed by atoms with Gasteiger partial charge in [-0.15, -0.1) is 22.7 Å². The van der Waals surface area contributed by atoms with Gasteiger partial charge in [-0.3, -0.25) is 10.8 Å². The van der Waals surface area contributed by atoms with Gasteiger partial charge in [0.15, 0.2) is 0 Å². The summed E-state index contributed by atoms with van der Waals surface area (Å²) in [6, 6.07) is 24.1. The van der Waals surface area contributed by atoms with Gasteiger partial charge < -0.3 is 25.4 Å². The summed E-state index contributed by atoms with van der Waals surface area (Å²) < 4.78 is 12.4. The molecule has 2 aromatic heterocycles. The summed E-state index contributed by atoms with van der Waals surface area (Å²) in [4.78, 5) is 1.82. The molecule has 1 fully saturated rings. The predicted octanol–water partition coefficient (Wildman–Crippen LogP) is 6.54. The third-order valence-corrected chi connectivity index (χ3v) is 8.32. The molecule has 0 amide bonds. The molecule has 0 radical (unpaired) electrons. The van der Waals surface area contributed by atoms with Gasteiger partial charge in [-0.1, -0.05) is 36.4 Å². The van der Waals surface area contributed by atoms with E-state index in [-0.39, 0.29) is 11.6 Å². The second-order valence-electron chi connectivity index (χ2n) is 9.89. The fourth-order valence-corrected chi connectivity index (χ4v) is 5.82. The maximum Gasteiger partial charge on any atom is 0.140 e. The van der Waals surface area contributed by atoms with Gasteiger partial charge in [0.2, 0.25) is 0 Å². The van der Waals surface area contributed by atoms with Gasteiger partial charge in [-0.05, 0) is 71.6 Å². The molecule has 202 valence electrons. The highest BCUT2D eigenvalue weighted by Gasteiger charge is 2.35. The summed E-state index contributed by atoms with van der Waals surface area (Å²) in [5.74, 6) is 0.803. The third-order valence-electron chi connectivity index (χ3n) is 6.55. The van der Waals surface area contributed by atoms with Crippen molar-refractivity contribution >= 4 is 45.7 Å². The number of benzene rings is 2. The first-order chi connectivity index (χ1) is 19.0. The van der Waals surface area contributed by atoms with Crippen molar-refractivity contribution in [3.8, 4) is 0 Å². The van der Waals surface area contributed by atoms with E-state index in [4.69, 9.17) is 20.3 Å². The van der Waals surface area contributed by atoms with Gasteiger partial charge >= 0.3 is 0 Å². The van der Waals surface area contributed by atoms with E-state index in [0.717, 1.165) is 45.2 Å². The standard InChI is InChI=1S/C30H33N5O2S2/c1-30(37-18-22-7-3-9-24(15-22)35-29(32)27-11-5-13-39-27)16-25(33-20-30)19-36-17-21-6-2-8-23(14-21)34-28(31)26-10-4-12-38-26/h2-15,25,33H,16-20H2,1H3,(H2,31,34)(H2,32,35)/t25-,30-/m1/s1. The smallest absolute Gasteiger partial charge is 0.140 e. The second kappa shape index (κ2) is 12.7. The monoisotopic (exact) mass is 559 g/mol. The minimum Gasteiger partial charge on any atom is -0.375 e. The SMILES string of the molecule is C[C@]1(OCc2cccc(NC(=N)c3cccs3)c2)CN[C@@H](COCc2cccc(NC(=N)c3cccs3)c2)C1. The minimum atomic E-state index is -0.271. The maximum absolute atomic E-state index is 8.26. The molecule has 2 atom stereocenters. The van der Waals surface area contributed by atoms with Gasteiger partial charge in [-0.25, -0.2) is 0 Å². The Morgan fingerprint density at radius 3 is 2.03 bits per heavy atom. The van der Waals surface area contributed by atoms with Crippen LogP contribution in [0.2, 0.25) is 0 Å². The van der Waals surface area contributed by atoms with Crippen LogP contribution in [-0.4, -0.2) is 36.5 Å². The molecular formula is C30H33N5O2S2. The van der Waals surface area contributed by atoms with Crippen molar-refractivity contribution in [2.45, 2.75) is 38.2 Å². The molecule has 1 saturated heterocycles. The normalized spacial score (nSPS) is 18.6. The van der Waals surface area contributed by atoms with E-state index in [2.05, 4.69) is 28.9 Å². The van der Waals surface area contributed by atoms with Crippen LogP contribution in [0.25, 0.3) is 0 Å². The van der Waals surface area contributed by atoms with Crippen LogP contribution < -0.4 is 16.0 Å². The van der Waals surface area contributed by atoms with E-state index in [1.54, 1.807) is 22.7 Å². The van der Waals surface area contributed by atoms with Crippen LogP contribution in [0.1, 0.15) is 34.2 Å². The van der Waals surface area contributed by atoms with Gasteiger partial charge in [0.1, 0.15) is 11.7 Å². The van der Waals surface area contributed by atoms with Gasteiger partial charge in [0.25, 0.3) is 0 Å². The lowest BCUT2D eigenvalue weighted by Crippen LogP contribution is -2.31. The van der Waals surface area contributed by atoms with Crippen LogP contribution in [-0.2, 0) is 22.7 Å². The average molecular weight is 560 g/mol. The molecule has 0 aliphatic carbocycles. The molecule has 0 saturated carbocycles.